The van der Waals surface area contributed by atoms with Crippen LogP contribution >= 0.6 is 11.3 Å². The van der Waals surface area contributed by atoms with Crippen molar-refractivity contribution in [1.82, 2.24) is 19.7 Å². The fourth-order valence-corrected chi connectivity index (χ4v) is 3.90. The van der Waals surface area contributed by atoms with Gasteiger partial charge in [0.2, 0.25) is 0 Å². The van der Waals surface area contributed by atoms with Gasteiger partial charge in [-0.15, -0.1) is 11.3 Å². The quantitative estimate of drug-likeness (QED) is 0.497. The number of fused-ring (bicyclic) bond motifs is 3. The van der Waals surface area contributed by atoms with Crippen molar-refractivity contribution >= 4 is 39.1 Å². The molecule has 0 atom stereocenters. The molecule has 0 aliphatic carbocycles. The molecule has 134 valence electrons. The molecule has 26 heavy (non-hydrogen) atoms. The number of hydrogen-bond acceptors (Lipinski definition) is 7. The van der Waals surface area contributed by atoms with E-state index in [0.717, 1.165) is 26.6 Å². The number of nitrogens with one attached hydrogen (secondary N) is 2. The van der Waals surface area contributed by atoms with Crippen molar-refractivity contribution in [2.24, 2.45) is 0 Å². The van der Waals surface area contributed by atoms with Crippen LogP contribution in [0.5, 0.6) is 0 Å². The largest absolute Gasteiger partial charge is 0.450 e. The van der Waals surface area contributed by atoms with Gasteiger partial charge < -0.3 is 20.2 Å². The SMILES string of the molecule is CNc1nc2cc(-c3ccc(C(=O)NCCO)o3)sc2n2c(C)cnc12. The molecule has 8 nitrogen and oxygen atoms in total. The Kier molecular flexibility index (Phi) is 4.09. The summed E-state index contributed by atoms with van der Waals surface area (Å²) in [6, 6.07) is 5.32. The standard InChI is InChI=1S/C17H17N5O3S/c1-9-8-20-15-14(18-2)21-10-7-13(26-17(10)22(9)15)11-3-4-12(25-11)16(24)19-5-6-23/h3-4,7-8,23H,5-6H2,1-2H3,(H,18,21)(H,19,24). The zero-order valence-corrected chi connectivity index (χ0v) is 15.1. The minimum Gasteiger partial charge on any atom is -0.450 e. The molecule has 3 N–H and O–H groups in total. The number of aliphatic hydroxyl groups excluding tert-OH is 1. The maximum absolute atomic E-state index is 11.9. The molecule has 0 fully saturated rings. The Morgan fingerprint density at radius 1 is 1.42 bits per heavy atom. The second-order valence-corrected chi connectivity index (χ2v) is 6.74. The smallest absolute Gasteiger partial charge is 0.287 e. The fraction of sp³-hybridized carbons (Fsp3) is 0.235. The maximum atomic E-state index is 11.9. The van der Waals surface area contributed by atoms with Gasteiger partial charge in [-0.2, -0.15) is 0 Å². The summed E-state index contributed by atoms with van der Waals surface area (Å²) in [4.78, 5) is 22.8. The summed E-state index contributed by atoms with van der Waals surface area (Å²) in [5.41, 5.74) is 2.61. The van der Waals surface area contributed by atoms with Gasteiger partial charge in [-0.1, -0.05) is 0 Å². The van der Waals surface area contributed by atoms with E-state index in [4.69, 9.17) is 9.52 Å². The van der Waals surface area contributed by atoms with Gasteiger partial charge in [-0.25, -0.2) is 9.97 Å². The minimum absolute atomic E-state index is 0.116. The van der Waals surface area contributed by atoms with E-state index in [1.54, 1.807) is 12.1 Å². The monoisotopic (exact) mass is 371 g/mol. The number of nitrogens with zero attached hydrogens (tertiary/aromatic N) is 3. The van der Waals surface area contributed by atoms with Gasteiger partial charge in [0, 0.05) is 25.5 Å². The lowest BCUT2D eigenvalue weighted by molar-refractivity contribution is 0.0918. The van der Waals surface area contributed by atoms with Gasteiger partial charge in [-0.05, 0) is 25.1 Å². The number of thiophene rings is 1. The van der Waals surface area contributed by atoms with Crippen LogP contribution in [0.1, 0.15) is 16.2 Å². The van der Waals surface area contributed by atoms with E-state index in [-0.39, 0.29) is 24.8 Å². The van der Waals surface area contributed by atoms with Crippen LogP contribution in [0, 0.1) is 6.92 Å². The van der Waals surface area contributed by atoms with Crippen LogP contribution in [-0.2, 0) is 0 Å². The Morgan fingerprint density at radius 3 is 3.04 bits per heavy atom. The summed E-state index contributed by atoms with van der Waals surface area (Å²) in [5.74, 6) is 1.16. The number of carbonyl (C=O) groups is 1. The zero-order chi connectivity index (χ0) is 18.3. The van der Waals surface area contributed by atoms with E-state index in [1.807, 2.05) is 26.2 Å². The molecule has 4 aromatic heterocycles. The summed E-state index contributed by atoms with van der Waals surface area (Å²) in [7, 11) is 1.81. The molecular weight excluding hydrogens is 354 g/mol. The topological polar surface area (TPSA) is 105 Å². The summed E-state index contributed by atoms with van der Waals surface area (Å²) < 4.78 is 7.74. The highest BCUT2D eigenvalue weighted by atomic mass is 32.1. The van der Waals surface area contributed by atoms with Crippen molar-refractivity contribution < 1.29 is 14.3 Å². The Hall–Kier alpha value is -2.91. The first-order valence-corrected chi connectivity index (χ1v) is 8.88. The molecule has 0 unspecified atom stereocenters. The number of rotatable bonds is 5. The number of carbonyl (C=O) groups excluding carboxylic acids is 1. The molecule has 0 saturated carbocycles. The summed E-state index contributed by atoms with van der Waals surface area (Å²) in [5, 5.41) is 14.4. The average molecular weight is 371 g/mol. The number of hydrogen-bond donors (Lipinski definition) is 3. The van der Waals surface area contributed by atoms with Crippen molar-refractivity contribution in [3.8, 4) is 10.6 Å². The molecule has 4 rings (SSSR count). The highest BCUT2D eigenvalue weighted by Gasteiger charge is 2.17. The molecule has 0 aromatic carbocycles. The van der Waals surface area contributed by atoms with Gasteiger partial charge in [0.15, 0.2) is 17.2 Å². The van der Waals surface area contributed by atoms with Crippen LogP contribution in [-0.4, -0.2) is 45.6 Å². The van der Waals surface area contributed by atoms with Crippen LogP contribution in [0.3, 0.4) is 0 Å². The Balaban J connectivity index is 1.79. The first kappa shape index (κ1) is 16.6. The first-order valence-electron chi connectivity index (χ1n) is 8.07. The van der Waals surface area contributed by atoms with Crippen molar-refractivity contribution in [2.75, 3.05) is 25.5 Å². The normalized spacial score (nSPS) is 11.3. The minimum atomic E-state index is -0.352. The molecule has 0 spiro atoms. The maximum Gasteiger partial charge on any atom is 0.287 e. The van der Waals surface area contributed by atoms with E-state index in [1.165, 1.54) is 11.3 Å². The van der Waals surface area contributed by atoms with Crippen molar-refractivity contribution in [3.05, 3.63) is 35.9 Å². The predicted molar refractivity (Wildman–Crippen MR) is 99.8 cm³/mol. The molecule has 9 heteroatoms. The molecule has 4 aromatic rings. The molecule has 0 radical (unpaired) electrons. The molecule has 0 saturated heterocycles. The summed E-state index contributed by atoms with van der Waals surface area (Å²) in [6.07, 6.45) is 1.81. The third-order valence-corrected chi connectivity index (χ3v) is 5.11. The highest BCUT2D eigenvalue weighted by Crippen LogP contribution is 2.35. The number of amides is 1. The van der Waals surface area contributed by atoms with Crippen LogP contribution in [0.4, 0.5) is 5.82 Å². The number of imidazole rings is 1. The second kappa shape index (κ2) is 6.43. The van der Waals surface area contributed by atoms with Crippen LogP contribution in [0.2, 0.25) is 0 Å². The van der Waals surface area contributed by atoms with Crippen molar-refractivity contribution in [2.45, 2.75) is 6.92 Å². The average Bonchev–Trinajstić information content (AvgIpc) is 3.36. The molecule has 0 aliphatic rings. The lowest BCUT2D eigenvalue weighted by Crippen LogP contribution is -2.25. The van der Waals surface area contributed by atoms with Gasteiger partial charge >= 0.3 is 0 Å². The first-order chi connectivity index (χ1) is 12.6. The van der Waals surface area contributed by atoms with Gasteiger partial charge in [-0.3, -0.25) is 9.20 Å². The number of aryl methyl sites for hydroxylation is 1. The predicted octanol–water partition coefficient (Wildman–Crippen LogP) is 2.28. The van der Waals surface area contributed by atoms with E-state index in [9.17, 15) is 4.79 Å². The number of aromatic nitrogens is 3. The van der Waals surface area contributed by atoms with E-state index in [2.05, 4.69) is 25.0 Å². The molecule has 0 aliphatic heterocycles. The van der Waals surface area contributed by atoms with E-state index in [0.29, 0.717) is 11.6 Å². The van der Waals surface area contributed by atoms with Crippen LogP contribution < -0.4 is 10.6 Å². The second-order valence-electron chi connectivity index (χ2n) is 5.71. The zero-order valence-electron chi connectivity index (χ0n) is 14.2. The summed E-state index contributed by atoms with van der Waals surface area (Å²) >= 11 is 1.53. The van der Waals surface area contributed by atoms with Crippen LogP contribution in [0.15, 0.2) is 28.8 Å². The van der Waals surface area contributed by atoms with Gasteiger partial charge in [0.05, 0.1) is 11.5 Å². The molecule has 1 amide bonds. The third-order valence-electron chi connectivity index (χ3n) is 3.99. The lowest BCUT2D eigenvalue weighted by atomic mass is 10.3. The Labute approximate surface area is 152 Å². The van der Waals surface area contributed by atoms with E-state index >= 15 is 0 Å². The lowest BCUT2D eigenvalue weighted by Gasteiger charge is -2.04. The Bertz CT molecular complexity index is 1110. The highest BCUT2D eigenvalue weighted by molar-refractivity contribution is 7.21. The van der Waals surface area contributed by atoms with Crippen molar-refractivity contribution in [3.63, 3.8) is 0 Å². The van der Waals surface area contributed by atoms with E-state index < -0.39 is 0 Å². The molecular formula is C17H17N5O3S. The fourth-order valence-electron chi connectivity index (χ4n) is 2.78. The van der Waals surface area contributed by atoms with Gasteiger partial charge in [0.1, 0.15) is 16.1 Å². The third kappa shape index (κ3) is 2.61. The van der Waals surface area contributed by atoms with Crippen molar-refractivity contribution in [1.29, 1.82) is 0 Å². The molecule has 4 heterocycles. The Morgan fingerprint density at radius 2 is 2.27 bits per heavy atom. The number of aliphatic hydroxyl groups is 1. The van der Waals surface area contributed by atoms with Crippen LogP contribution in [0.25, 0.3) is 26.6 Å². The summed E-state index contributed by atoms with van der Waals surface area (Å²) in [6.45, 7) is 2.07. The molecule has 0 bridgehead atoms. The number of anilines is 1. The van der Waals surface area contributed by atoms with Gasteiger partial charge in [0.25, 0.3) is 5.91 Å². The number of furan rings is 1.